The van der Waals surface area contributed by atoms with Gasteiger partial charge in [-0.1, -0.05) is 83.3 Å². The number of unbranched alkanes of at least 4 members (excludes halogenated alkanes) is 11. The van der Waals surface area contributed by atoms with Crippen LogP contribution in [0.25, 0.3) is 0 Å². The molecule has 2 atom stereocenters. The van der Waals surface area contributed by atoms with Crippen LogP contribution in [0.15, 0.2) is 12.2 Å². The van der Waals surface area contributed by atoms with Crippen LogP contribution in [0.4, 0.5) is 0 Å². The molecule has 0 spiro atoms. The van der Waals surface area contributed by atoms with E-state index in [0.29, 0.717) is 0 Å². The lowest BCUT2D eigenvalue weighted by molar-refractivity contribution is -0.121. The molecular weight excluding hydrogens is 328 g/mol. The summed E-state index contributed by atoms with van der Waals surface area (Å²) >= 11 is 0. The molecule has 0 radical (unpaired) electrons. The Bertz CT molecular complexity index is 405. The summed E-state index contributed by atoms with van der Waals surface area (Å²) in [6.45, 7) is 1.89. The van der Waals surface area contributed by atoms with Gasteiger partial charge >= 0.3 is 0 Å². The molecule has 0 fully saturated rings. The Labute approximate surface area is 159 Å². The molecule has 0 aliphatic carbocycles. The van der Waals surface area contributed by atoms with Crippen molar-refractivity contribution in [2.75, 3.05) is 6.61 Å². The second-order valence-electron chi connectivity index (χ2n) is 6.93. The molecule has 2 unspecified atom stereocenters. The highest BCUT2D eigenvalue weighted by Crippen LogP contribution is 2.12. The number of carbonyl (C=O) groups excluding carboxylic acids is 1. The molecule has 5 nitrogen and oxygen atoms in total. The standard InChI is InChI=1S/C21H38N2O3/c1-2-3-4-5-6-7-8-9-10-11-12-13-14-15-20(25)19(18-24)23-21(26)16-17-22/h14-15,19-20,24-25H,2-13,16,18H2,1H3,(H,23,26). The van der Waals surface area contributed by atoms with Gasteiger partial charge in [-0.05, 0) is 12.8 Å². The number of nitrogens with one attached hydrogen (secondary N) is 1. The Kier molecular flexibility index (Phi) is 17.4. The number of carbonyl (C=O) groups is 1. The van der Waals surface area contributed by atoms with Crippen molar-refractivity contribution in [3.63, 3.8) is 0 Å². The Hall–Kier alpha value is -1.38. The van der Waals surface area contributed by atoms with E-state index in [-0.39, 0.29) is 13.0 Å². The van der Waals surface area contributed by atoms with Gasteiger partial charge in [-0.15, -0.1) is 0 Å². The molecule has 3 N–H and O–H groups in total. The fraction of sp³-hybridized carbons (Fsp3) is 0.810. The number of amides is 1. The topological polar surface area (TPSA) is 93.3 Å². The minimum absolute atomic E-state index is 0.272. The Balaban J connectivity index is 3.61. The SMILES string of the molecule is CCCCCCCCCCCCCC=CC(O)C(CO)NC(=O)CC#N. The minimum atomic E-state index is -0.935. The summed E-state index contributed by atoms with van der Waals surface area (Å²) in [7, 11) is 0. The monoisotopic (exact) mass is 366 g/mol. The van der Waals surface area contributed by atoms with Crippen LogP contribution in [0.2, 0.25) is 0 Å². The van der Waals surface area contributed by atoms with Gasteiger partial charge in [0, 0.05) is 0 Å². The second kappa shape index (κ2) is 18.4. The van der Waals surface area contributed by atoms with Crippen molar-refractivity contribution < 1.29 is 15.0 Å². The van der Waals surface area contributed by atoms with Crippen LogP contribution in [-0.2, 0) is 4.79 Å². The number of aliphatic hydroxyl groups is 2. The maximum Gasteiger partial charge on any atom is 0.234 e. The molecule has 0 heterocycles. The molecular formula is C21H38N2O3. The molecule has 150 valence electrons. The van der Waals surface area contributed by atoms with Crippen molar-refractivity contribution in [2.45, 2.75) is 103 Å². The third-order valence-corrected chi connectivity index (χ3v) is 4.50. The maximum absolute atomic E-state index is 11.3. The molecule has 0 aromatic carbocycles. The van der Waals surface area contributed by atoms with Gasteiger partial charge in [0.1, 0.15) is 6.42 Å². The number of hydrogen-bond donors (Lipinski definition) is 3. The molecule has 26 heavy (non-hydrogen) atoms. The van der Waals surface area contributed by atoms with Crippen LogP contribution in [0, 0.1) is 11.3 Å². The lowest BCUT2D eigenvalue weighted by Gasteiger charge is -2.19. The summed E-state index contributed by atoms with van der Waals surface area (Å²) in [6, 6.07) is 0.978. The van der Waals surface area contributed by atoms with E-state index in [2.05, 4.69) is 12.2 Å². The molecule has 1 amide bonds. The van der Waals surface area contributed by atoms with Gasteiger partial charge < -0.3 is 15.5 Å². The van der Waals surface area contributed by atoms with Gasteiger partial charge in [0.25, 0.3) is 0 Å². The molecule has 0 aliphatic heterocycles. The summed E-state index contributed by atoms with van der Waals surface area (Å²) in [5, 5.41) is 30.1. The lowest BCUT2D eigenvalue weighted by Crippen LogP contribution is -2.44. The largest absolute Gasteiger partial charge is 0.394 e. The Morgan fingerprint density at radius 3 is 2.08 bits per heavy atom. The van der Waals surface area contributed by atoms with Gasteiger partial charge in [0.05, 0.1) is 24.8 Å². The van der Waals surface area contributed by atoms with Gasteiger partial charge in [-0.3, -0.25) is 4.79 Å². The lowest BCUT2D eigenvalue weighted by atomic mass is 10.0. The first-order valence-electron chi connectivity index (χ1n) is 10.3. The summed E-state index contributed by atoms with van der Waals surface area (Å²) < 4.78 is 0. The summed E-state index contributed by atoms with van der Waals surface area (Å²) in [6.07, 6.45) is 17.5. The first-order chi connectivity index (χ1) is 12.7. The summed E-state index contributed by atoms with van der Waals surface area (Å²) in [5.74, 6) is -0.482. The number of nitrogens with zero attached hydrogens (tertiary/aromatic N) is 1. The van der Waals surface area contributed by atoms with Crippen molar-refractivity contribution in [1.82, 2.24) is 5.32 Å². The van der Waals surface area contributed by atoms with E-state index in [1.807, 2.05) is 6.08 Å². The zero-order valence-electron chi connectivity index (χ0n) is 16.5. The van der Waals surface area contributed by atoms with Gasteiger partial charge in [-0.2, -0.15) is 5.26 Å². The van der Waals surface area contributed by atoms with Crippen molar-refractivity contribution in [1.29, 1.82) is 5.26 Å². The smallest absolute Gasteiger partial charge is 0.234 e. The van der Waals surface area contributed by atoms with Crippen LogP contribution >= 0.6 is 0 Å². The first-order valence-corrected chi connectivity index (χ1v) is 10.3. The highest BCUT2D eigenvalue weighted by Gasteiger charge is 2.17. The fourth-order valence-corrected chi connectivity index (χ4v) is 2.86. The highest BCUT2D eigenvalue weighted by molar-refractivity contribution is 5.78. The van der Waals surface area contributed by atoms with Crippen LogP contribution in [0.1, 0.15) is 90.4 Å². The molecule has 0 aromatic rings. The van der Waals surface area contributed by atoms with E-state index >= 15 is 0 Å². The van der Waals surface area contributed by atoms with Gasteiger partial charge in [0.2, 0.25) is 5.91 Å². The minimum Gasteiger partial charge on any atom is -0.394 e. The van der Waals surface area contributed by atoms with Crippen LogP contribution in [-0.4, -0.2) is 34.9 Å². The predicted molar refractivity (Wildman–Crippen MR) is 105 cm³/mol. The number of nitriles is 1. The number of hydrogen-bond acceptors (Lipinski definition) is 4. The van der Waals surface area contributed by atoms with E-state index in [1.54, 1.807) is 12.1 Å². The van der Waals surface area contributed by atoms with E-state index in [1.165, 1.54) is 64.2 Å². The summed E-state index contributed by atoms with van der Waals surface area (Å²) in [5.41, 5.74) is 0. The van der Waals surface area contributed by atoms with Crippen molar-refractivity contribution >= 4 is 5.91 Å². The van der Waals surface area contributed by atoms with E-state index in [0.717, 1.165) is 12.8 Å². The maximum atomic E-state index is 11.3. The Morgan fingerprint density at radius 1 is 1.04 bits per heavy atom. The molecule has 5 heteroatoms. The molecule has 0 saturated heterocycles. The third-order valence-electron chi connectivity index (χ3n) is 4.50. The number of aliphatic hydroxyl groups excluding tert-OH is 2. The van der Waals surface area contributed by atoms with Gasteiger partial charge in [0.15, 0.2) is 0 Å². The van der Waals surface area contributed by atoms with Crippen LogP contribution < -0.4 is 5.32 Å². The molecule has 0 rings (SSSR count). The average Bonchev–Trinajstić information content (AvgIpc) is 2.63. The molecule has 0 bridgehead atoms. The highest BCUT2D eigenvalue weighted by atomic mass is 16.3. The molecule has 0 saturated carbocycles. The number of allylic oxidation sites excluding steroid dienone is 1. The third kappa shape index (κ3) is 14.9. The second-order valence-corrected chi connectivity index (χ2v) is 6.93. The van der Waals surface area contributed by atoms with Crippen molar-refractivity contribution in [3.05, 3.63) is 12.2 Å². The zero-order valence-corrected chi connectivity index (χ0v) is 16.5. The van der Waals surface area contributed by atoms with E-state index in [9.17, 15) is 15.0 Å². The van der Waals surface area contributed by atoms with E-state index in [4.69, 9.17) is 5.26 Å². The summed E-state index contributed by atoms with van der Waals surface area (Å²) in [4.78, 5) is 11.3. The van der Waals surface area contributed by atoms with E-state index < -0.39 is 18.1 Å². The fourth-order valence-electron chi connectivity index (χ4n) is 2.86. The molecule has 0 aromatic heterocycles. The zero-order chi connectivity index (χ0) is 19.5. The van der Waals surface area contributed by atoms with Crippen LogP contribution in [0.5, 0.6) is 0 Å². The van der Waals surface area contributed by atoms with Crippen molar-refractivity contribution in [3.8, 4) is 6.07 Å². The molecule has 0 aliphatic rings. The quantitative estimate of drug-likeness (QED) is 0.268. The number of rotatable bonds is 17. The van der Waals surface area contributed by atoms with Gasteiger partial charge in [-0.25, -0.2) is 0 Å². The Morgan fingerprint density at radius 2 is 1.58 bits per heavy atom. The average molecular weight is 367 g/mol. The van der Waals surface area contributed by atoms with Crippen molar-refractivity contribution in [2.24, 2.45) is 0 Å². The normalized spacial score (nSPS) is 13.5. The van der Waals surface area contributed by atoms with Crippen LogP contribution in [0.3, 0.4) is 0 Å². The predicted octanol–water partition coefficient (Wildman–Crippen LogP) is 4.00. The first kappa shape index (κ1) is 24.6.